The molecule has 0 atom stereocenters. The first-order valence-electron chi connectivity index (χ1n) is 5.30. The van der Waals surface area contributed by atoms with Crippen LogP contribution in [0.2, 0.25) is 0 Å². The predicted molar refractivity (Wildman–Crippen MR) is 59.9 cm³/mol. The normalized spacial score (nSPS) is 16.3. The molecule has 1 aliphatic rings. The number of phenols is 1. The molecule has 0 heterocycles. The molecular formula is C12H13NO4. The van der Waals surface area contributed by atoms with Crippen LogP contribution in [-0.4, -0.2) is 27.6 Å². The van der Waals surface area contributed by atoms with E-state index in [1.807, 2.05) is 0 Å². The molecule has 17 heavy (non-hydrogen) atoms. The summed E-state index contributed by atoms with van der Waals surface area (Å²) in [7, 11) is 0. The lowest BCUT2D eigenvalue weighted by atomic mass is 10.1. The first-order chi connectivity index (χ1) is 7.94. The number of rotatable bonds is 3. The predicted octanol–water partition coefficient (Wildman–Crippen LogP) is 1.05. The number of aliphatic carboxylic acids is 1. The fraction of sp³-hybridized carbons (Fsp3) is 0.333. The largest absolute Gasteiger partial charge is 0.508 e. The zero-order valence-corrected chi connectivity index (χ0v) is 9.36. The van der Waals surface area contributed by atoms with Gasteiger partial charge < -0.3 is 15.5 Å². The van der Waals surface area contributed by atoms with Gasteiger partial charge in [-0.2, -0.15) is 0 Å². The number of carbonyl (C=O) groups is 2. The number of benzene rings is 1. The lowest BCUT2D eigenvalue weighted by molar-refractivity contribution is -0.140. The van der Waals surface area contributed by atoms with Crippen LogP contribution in [0.3, 0.4) is 0 Å². The number of carboxylic acid groups (broad SMARTS) is 1. The lowest BCUT2D eigenvalue weighted by Gasteiger charge is -2.12. The zero-order chi connectivity index (χ0) is 12.6. The number of aryl methyl sites for hydroxylation is 1. The molecule has 1 fully saturated rings. The summed E-state index contributed by atoms with van der Waals surface area (Å²) in [4.78, 5) is 22.7. The van der Waals surface area contributed by atoms with Crippen molar-refractivity contribution in [2.24, 2.45) is 0 Å². The molecule has 0 aliphatic heterocycles. The third-order valence-corrected chi connectivity index (χ3v) is 2.97. The Morgan fingerprint density at radius 2 is 2.00 bits per heavy atom. The van der Waals surface area contributed by atoms with E-state index in [1.165, 1.54) is 18.2 Å². The topological polar surface area (TPSA) is 86.6 Å². The summed E-state index contributed by atoms with van der Waals surface area (Å²) in [6.07, 6.45) is 0.927. The molecule has 2 rings (SSSR count). The Balaban J connectivity index is 2.15. The van der Waals surface area contributed by atoms with Crippen LogP contribution in [-0.2, 0) is 4.79 Å². The first kappa shape index (κ1) is 11.4. The summed E-state index contributed by atoms with van der Waals surface area (Å²) in [5.41, 5.74) is -0.145. The summed E-state index contributed by atoms with van der Waals surface area (Å²) in [6, 6.07) is 4.42. The van der Waals surface area contributed by atoms with Crippen molar-refractivity contribution in [3.63, 3.8) is 0 Å². The molecule has 1 saturated carbocycles. The highest BCUT2D eigenvalue weighted by molar-refractivity contribution is 5.99. The van der Waals surface area contributed by atoms with Crippen LogP contribution < -0.4 is 5.32 Å². The van der Waals surface area contributed by atoms with Crippen LogP contribution in [0.25, 0.3) is 0 Å². The SMILES string of the molecule is Cc1cc(C(=O)NC2(C(=O)O)CC2)ccc1O. The molecule has 5 nitrogen and oxygen atoms in total. The summed E-state index contributed by atoms with van der Waals surface area (Å²) < 4.78 is 0. The van der Waals surface area contributed by atoms with Crippen molar-refractivity contribution in [3.8, 4) is 5.75 Å². The average Bonchev–Trinajstić information content (AvgIpc) is 3.03. The maximum Gasteiger partial charge on any atom is 0.329 e. The van der Waals surface area contributed by atoms with Gasteiger partial charge in [-0.05, 0) is 43.5 Å². The molecule has 1 amide bonds. The molecule has 1 aromatic carbocycles. The van der Waals surface area contributed by atoms with Gasteiger partial charge in [-0.1, -0.05) is 0 Å². The fourth-order valence-corrected chi connectivity index (χ4v) is 1.60. The maximum atomic E-state index is 11.8. The van der Waals surface area contributed by atoms with Crippen molar-refractivity contribution in [3.05, 3.63) is 29.3 Å². The quantitative estimate of drug-likeness (QED) is 0.730. The molecule has 3 N–H and O–H groups in total. The monoisotopic (exact) mass is 235 g/mol. The van der Waals surface area contributed by atoms with Crippen molar-refractivity contribution in [2.45, 2.75) is 25.3 Å². The van der Waals surface area contributed by atoms with Crippen molar-refractivity contribution in [1.29, 1.82) is 0 Å². The van der Waals surface area contributed by atoms with Gasteiger partial charge in [0, 0.05) is 5.56 Å². The minimum atomic E-state index is -1.08. The van der Waals surface area contributed by atoms with E-state index in [-0.39, 0.29) is 5.75 Å². The lowest BCUT2D eigenvalue weighted by Crippen LogP contribution is -2.43. The summed E-state index contributed by atoms with van der Waals surface area (Å²) >= 11 is 0. The fourth-order valence-electron chi connectivity index (χ4n) is 1.60. The van der Waals surface area contributed by atoms with E-state index in [2.05, 4.69) is 5.32 Å². The van der Waals surface area contributed by atoms with E-state index in [1.54, 1.807) is 6.92 Å². The molecule has 1 aliphatic carbocycles. The van der Waals surface area contributed by atoms with Gasteiger partial charge in [0.1, 0.15) is 11.3 Å². The van der Waals surface area contributed by atoms with E-state index in [0.717, 1.165) is 0 Å². The van der Waals surface area contributed by atoms with E-state index >= 15 is 0 Å². The molecule has 0 saturated heterocycles. The minimum absolute atomic E-state index is 0.112. The molecule has 90 valence electrons. The van der Waals surface area contributed by atoms with E-state index in [9.17, 15) is 14.7 Å². The van der Waals surface area contributed by atoms with E-state index in [0.29, 0.717) is 24.0 Å². The highest BCUT2D eigenvalue weighted by atomic mass is 16.4. The van der Waals surface area contributed by atoms with E-state index < -0.39 is 17.4 Å². The number of aromatic hydroxyl groups is 1. The van der Waals surface area contributed by atoms with Gasteiger partial charge in [0.25, 0.3) is 5.91 Å². The Hall–Kier alpha value is -2.04. The van der Waals surface area contributed by atoms with Crippen molar-refractivity contribution >= 4 is 11.9 Å². The Morgan fingerprint density at radius 3 is 2.47 bits per heavy atom. The number of carbonyl (C=O) groups excluding carboxylic acids is 1. The van der Waals surface area contributed by atoms with Gasteiger partial charge in [0.05, 0.1) is 0 Å². The minimum Gasteiger partial charge on any atom is -0.508 e. The Kier molecular flexibility index (Phi) is 2.53. The smallest absolute Gasteiger partial charge is 0.329 e. The Morgan fingerprint density at radius 1 is 1.35 bits per heavy atom. The van der Waals surface area contributed by atoms with Crippen molar-refractivity contribution in [1.82, 2.24) is 5.32 Å². The standard InChI is InChI=1S/C12H13NO4/c1-7-6-8(2-3-9(7)14)10(15)13-12(4-5-12)11(16)17/h2-3,6,14H,4-5H2,1H3,(H,13,15)(H,16,17). The van der Waals surface area contributed by atoms with Gasteiger partial charge in [-0.3, -0.25) is 4.79 Å². The Bertz CT molecular complexity index is 491. The van der Waals surface area contributed by atoms with Crippen LogP contribution in [0.5, 0.6) is 5.75 Å². The van der Waals surface area contributed by atoms with Gasteiger partial charge in [0.2, 0.25) is 0 Å². The molecule has 0 unspecified atom stereocenters. The second-order valence-electron chi connectivity index (χ2n) is 4.34. The van der Waals surface area contributed by atoms with Crippen molar-refractivity contribution in [2.75, 3.05) is 0 Å². The third-order valence-electron chi connectivity index (χ3n) is 2.97. The number of nitrogens with one attached hydrogen (secondary N) is 1. The number of hydrogen-bond acceptors (Lipinski definition) is 3. The zero-order valence-electron chi connectivity index (χ0n) is 9.36. The van der Waals surface area contributed by atoms with E-state index in [4.69, 9.17) is 5.11 Å². The molecule has 0 bridgehead atoms. The number of phenolic OH excluding ortho intramolecular Hbond substituents is 1. The van der Waals surface area contributed by atoms with Gasteiger partial charge in [0.15, 0.2) is 0 Å². The van der Waals surface area contributed by atoms with Crippen LogP contribution in [0.15, 0.2) is 18.2 Å². The summed E-state index contributed by atoms with van der Waals surface area (Å²) in [5.74, 6) is -1.31. The molecule has 0 aromatic heterocycles. The third kappa shape index (κ3) is 2.08. The summed E-state index contributed by atoms with van der Waals surface area (Å²) in [6.45, 7) is 1.68. The highest BCUT2D eigenvalue weighted by Gasteiger charge is 2.51. The summed E-state index contributed by atoms with van der Waals surface area (Å²) in [5, 5.41) is 20.8. The molecule has 0 spiro atoms. The number of hydrogen-bond donors (Lipinski definition) is 3. The number of carboxylic acids is 1. The first-order valence-corrected chi connectivity index (χ1v) is 5.30. The maximum absolute atomic E-state index is 11.8. The Labute approximate surface area is 98.1 Å². The van der Waals surface area contributed by atoms with Gasteiger partial charge in [-0.15, -0.1) is 0 Å². The molecular weight excluding hydrogens is 222 g/mol. The second-order valence-corrected chi connectivity index (χ2v) is 4.34. The molecule has 1 aromatic rings. The van der Waals surface area contributed by atoms with Crippen LogP contribution >= 0.6 is 0 Å². The van der Waals surface area contributed by atoms with Gasteiger partial charge >= 0.3 is 5.97 Å². The number of amides is 1. The molecule has 5 heteroatoms. The van der Waals surface area contributed by atoms with Crippen LogP contribution in [0, 0.1) is 6.92 Å². The highest BCUT2D eigenvalue weighted by Crippen LogP contribution is 2.35. The van der Waals surface area contributed by atoms with Crippen molar-refractivity contribution < 1.29 is 19.8 Å². The second kappa shape index (κ2) is 3.76. The van der Waals surface area contributed by atoms with Crippen LogP contribution in [0.4, 0.5) is 0 Å². The van der Waals surface area contributed by atoms with Gasteiger partial charge in [-0.25, -0.2) is 4.79 Å². The molecule has 0 radical (unpaired) electrons. The average molecular weight is 235 g/mol. The van der Waals surface area contributed by atoms with Crippen LogP contribution in [0.1, 0.15) is 28.8 Å².